The number of amides is 1. The van der Waals surface area contributed by atoms with Crippen LogP contribution in [0.5, 0.6) is 0 Å². The van der Waals surface area contributed by atoms with Crippen molar-refractivity contribution in [3.63, 3.8) is 0 Å². The number of carbonyl (C=O) groups is 1. The number of para-hydroxylation sites is 1. The molecule has 1 aliphatic rings. The Morgan fingerprint density at radius 2 is 2.11 bits per heavy atom. The summed E-state index contributed by atoms with van der Waals surface area (Å²) in [6, 6.07) is 8.77. The molecule has 0 saturated carbocycles. The maximum atomic E-state index is 12.3. The lowest BCUT2D eigenvalue weighted by Gasteiger charge is -2.24. The normalized spacial score (nSPS) is 16.9. The zero-order valence-corrected chi connectivity index (χ0v) is 12.0. The maximum absolute atomic E-state index is 12.3. The summed E-state index contributed by atoms with van der Waals surface area (Å²) in [5, 5.41) is 3.40. The van der Waals surface area contributed by atoms with E-state index in [1.165, 1.54) is 5.56 Å². The third kappa shape index (κ3) is 3.57. The summed E-state index contributed by atoms with van der Waals surface area (Å²) in [5.74, 6) is 0.272. The summed E-state index contributed by atoms with van der Waals surface area (Å²) in [5.41, 5.74) is 2.43. The molecule has 1 unspecified atom stereocenters. The molecule has 3 heteroatoms. The first-order valence-electron chi connectivity index (χ1n) is 7.34. The van der Waals surface area contributed by atoms with Crippen LogP contribution in [0.15, 0.2) is 24.3 Å². The van der Waals surface area contributed by atoms with E-state index in [4.69, 9.17) is 0 Å². The molecule has 1 heterocycles. The monoisotopic (exact) mass is 260 g/mol. The van der Waals surface area contributed by atoms with Crippen LogP contribution in [0.25, 0.3) is 0 Å². The molecular weight excluding hydrogens is 236 g/mol. The van der Waals surface area contributed by atoms with Gasteiger partial charge >= 0.3 is 0 Å². The van der Waals surface area contributed by atoms with Gasteiger partial charge in [0.25, 0.3) is 0 Å². The smallest absolute Gasteiger partial charge is 0.226 e. The zero-order valence-electron chi connectivity index (χ0n) is 12.0. The molecule has 1 aromatic carbocycles. The minimum absolute atomic E-state index is 0.272. The van der Waals surface area contributed by atoms with Gasteiger partial charge in [-0.1, -0.05) is 25.1 Å². The van der Waals surface area contributed by atoms with Crippen LogP contribution in [0, 0.1) is 0 Å². The highest BCUT2D eigenvalue weighted by Gasteiger charge is 2.21. The fraction of sp³-hybridized carbons (Fsp3) is 0.562. The molecule has 104 valence electrons. The highest BCUT2D eigenvalue weighted by molar-refractivity contribution is 5.94. The summed E-state index contributed by atoms with van der Waals surface area (Å²) in [6.45, 7) is 6.08. The van der Waals surface area contributed by atoms with E-state index in [2.05, 4.69) is 37.4 Å². The molecule has 1 aliphatic heterocycles. The van der Waals surface area contributed by atoms with E-state index in [0.717, 1.165) is 38.0 Å². The Morgan fingerprint density at radius 3 is 2.89 bits per heavy atom. The quantitative estimate of drug-likeness (QED) is 0.883. The summed E-state index contributed by atoms with van der Waals surface area (Å²) in [6.07, 6.45) is 3.65. The van der Waals surface area contributed by atoms with Crippen molar-refractivity contribution in [2.75, 3.05) is 18.0 Å². The Kier molecular flexibility index (Phi) is 4.97. The second kappa shape index (κ2) is 6.71. The fourth-order valence-electron chi connectivity index (χ4n) is 2.70. The molecule has 1 amide bonds. The summed E-state index contributed by atoms with van der Waals surface area (Å²) in [7, 11) is 0. The van der Waals surface area contributed by atoms with Crippen molar-refractivity contribution in [1.29, 1.82) is 0 Å². The second-order valence-corrected chi connectivity index (χ2v) is 5.28. The van der Waals surface area contributed by atoms with Gasteiger partial charge in [-0.25, -0.2) is 0 Å². The highest BCUT2D eigenvalue weighted by atomic mass is 16.2. The van der Waals surface area contributed by atoms with Crippen molar-refractivity contribution in [2.24, 2.45) is 0 Å². The minimum Gasteiger partial charge on any atom is -0.314 e. The molecule has 0 aliphatic carbocycles. The lowest BCUT2D eigenvalue weighted by atomic mass is 10.1. The highest BCUT2D eigenvalue weighted by Crippen LogP contribution is 2.26. The molecule has 3 nitrogen and oxygen atoms in total. The number of fused-ring (bicyclic) bond motifs is 1. The van der Waals surface area contributed by atoms with Crippen molar-refractivity contribution in [3.8, 4) is 0 Å². The zero-order chi connectivity index (χ0) is 13.7. The van der Waals surface area contributed by atoms with Gasteiger partial charge in [0.2, 0.25) is 5.91 Å². The lowest BCUT2D eigenvalue weighted by molar-refractivity contribution is -0.118. The van der Waals surface area contributed by atoms with Gasteiger partial charge in [0.1, 0.15) is 0 Å². The number of rotatable bonds is 5. The number of benzene rings is 1. The maximum Gasteiger partial charge on any atom is 0.226 e. The number of carbonyl (C=O) groups excluding carboxylic acids is 1. The third-order valence-corrected chi connectivity index (χ3v) is 3.76. The van der Waals surface area contributed by atoms with Gasteiger partial charge < -0.3 is 10.2 Å². The van der Waals surface area contributed by atoms with Crippen LogP contribution >= 0.6 is 0 Å². The average Bonchev–Trinajstić information content (AvgIpc) is 2.55. The Morgan fingerprint density at radius 1 is 1.32 bits per heavy atom. The lowest BCUT2D eigenvalue weighted by Crippen LogP contribution is -2.35. The summed E-state index contributed by atoms with van der Waals surface area (Å²) >= 11 is 0. The predicted octanol–water partition coefficient (Wildman–Crippen LogP) is 2.74. The van der Waals surface area contributed by atoms with Crippen LogP contribution in [0.4, 0.5) is 5.69 Å². The molecule has 0 aromatic heterocycles. The first-order chi connectivity index (χ1) is 9.22. The molecule has 0 bridgehead atoms. The van der Waals surface area contributed by atoms with Crippen molar-refractivity contribution >= 4 is 11.6 Å². The Bertz CT molecular complexity index is 431. The molecule has 1 N–H and O–H groups in total. The molecule has 19 heavy (non-hydrogen) atoms. The van der Waals surface area contributed by atoms with Crippen LogP contribution in [0.3, 0.4) is 0 Å². The number of hydrogen-bond acceptors (Lipinski definition) is 2. The van der Waals surface area contributed by atoms with E-state index in [0.29, 0.717) is 12.5 Å². The average molecular weight is 260 g/mol. The first-order valence-corrected chi connectivity index (χ1v) is 7.34. The number of nitrogens with one attached hydrogen (secondary N) is 1. The van der Waals surface area contributed by atoms with E-state index >= 15 is 0 Å². The van der Waals surface area contributed by atoms with Gasteiger partial charge in [-0.05, 0) is 44.4 Å². The molecule has 0 radical (unpaired) electrons. The topological polar surface area (TPSA) is 32.3 Å². The number of aryl methyl sites for hydroxylation is 1. The van der Waals surface area contributed by atoms with E-state index in [9.17, 15) is 4.79 Å². The first kappa shape index (κ1) is 14.1. The number of nitrogens with zero attached hydrogens (tertiary/aromatic N) is 1. The molecule has 1 atom stereocenters. The van der Waals surface area contributed by atoms with Crippen molar-refractivity contribution < 1.29 is 4.79 Å². The van der Waals surface area contributed by atoms with Crippen LogP contribution < -0.4 is 10.2 Å². The van der Waals surface area contributed by atoms with E-state index in [1.807, 2.05) is 11.0 Å². The molecule has 2 rings (SSSR count). The molecule has 0 saturated heterocycles. The van der Waals surface area contributed by atoms with Gasteiger partial charge in [-0.3, -0.25) is 4.79 Å². The van der Waals surface area contributed by atoms with Gasteiger partial charge in [0.15, 0.2) is 0 Å². The molecule has 0 spiro atoms. The van der Waals surface area contributed by atoms with Gasteiger partial charge in [0, 0.05) is 24.7 Å². The Labute approximate surface area is 116 Å². The standard InChI is InChI=1S/C16H24N2O/c1-3-17-13(2)11-12-18-15-9-5-4-7-14(15)8-6-10-16(18)19/h4-5,7,9,13,17H,3,6,8,10-12H2,1-2H3. The molecule has 1 aromatic rings. The predicted molar refractivity (Wildman–Crippen MR) is 79.5 cm³/mol. The largest absolute Gasteiger partial charge is 0.314 e. The summed E-state index contributed by atoms with van der Waals surface area (Å²) < 4.78 is 0. The van der Waals surface area contributed by atoms with Crippen molar-refractivity contribution in [2.45, 2.75) is 45.6 Å². The van der Waals surface area contributed by atoms with Crippen molar-refractivity contribution in [3.05, 3.63) is 29.8 Å². The number of anilines is 1. The second-order valence-electron chi connectivity index (χ2n) is 5.28. The van der Waals surface area contributed by atoms with Gasteiger partial charge in [-0.15, -0.1) is 0 Å². The third-order valence-electron chi connectivity index (χ3n) is 3.76. The van der Waals surface area contributed by atoms with Crippen LogP contribution in [-0.4, -0.2) is 25.0 Å². The van der Waals surface area contributed by atoms with Gasteiger partial charge in [-0.2, -0.15) is 0 Å². The van der Waals surface area contributed by atoms with Crippen LogP contribution in [0.2, 0.25) is 0 Å². The van der Waals surface area contributed by atoms with Crippen molar-refractivity contribution in [1.82, 2.24) is 5.32 Å². The summed E-state index contributed by atoms with van der Waals surface area (Å²) in [4.78, 5) is 14.2. The van der Waals surface area contributed by atoms with Crippen LogP contribution in [-0.2, 0) is 11.2 Å². The van der Waals surface area contributed by atoms with E-state index in [-0.39, 0.29) is 5.91 Å². The molecule has 0 fully saturated rings. The SMILES string of the molecule is CCNC(C)CCN1C(=O)CCCc2ccccc21. The number of hydrogen-bond donors (Lipinski definition) is 1. The van der Waals surface area contributed by atoms with E-state index < -0.39 is 0 Å². The van der Waals surface area contributed by atoms with E-state index in [1.54, 1.807) is 0 Å². The van der Waals surface area contributed by atoms with Gasteiger partial charge in [0.05, 0.1) is 0 Å². The van der Waals surface area contributed by atoms with Crippen LogP contribution in [0.1, 0.15) is 38.7 Å². The Balaban J connectivity index is 2.10. The molecular formula is C16H24N2O. The Hall–Kier alpha value is -1.35. The fourth-order valence-corrected chi connectivity index (χ4v) is 2.70. The minimum atomic E-state index is 0.272.